The quantitative estimate of drug-likeness (QED) is 0.0532. The number of hydrogen-bond donors (Lipinski definition) is 4. The molecule has 4 N–H and O–H groups in total. The van der Waals surface area contributed by atoms with E-state index in [4.69, 9.17) is 4.74 Å². The number of anilines is 2. The van der Waals surface area contributed by atoms with E-state index in [1.165, 1.54) is 34.4 Å². The number of carbonyl (C=O) groups excluding carboxylic acids is 1. The number of rotatable bonds is 16. The van der Waals surface area contributed by atoms with Crippen LogP contribution < -0.4 is 19.7 Å². The van der Waals surface area contributed by atoms with Crippen molar-refractivity contribution in [1.29, 1.82) is 0 Å². The summed E-state index contributed by atoms with van der Waals surface area (Å²) in [6, 6.07) is 31.8. The molecule has 0 bridgehead atoms. The summed E-state index contributed by atoms with van der Waals surface area (Å²) in [6.07, 6.45) is 11.5. The van der Waals surface area contributed by atoms with Crippen LogP contribution in [0.4, 0.5) is 17.1 Å². The van der Waals surface area contributed by atoms with Crippen LogP contribution in [0.3, 0.4) is 0 Å². The number of piperazine rings is 1. The molecule has 396 valence electrons. The van der Waals surface area contributed by atoms with Crippen LogP contribution in [0.2, 0.25) is 0 Å². The summed E-state index contributed by atoms with van der Waals surface area (Å²) in [5.41, 5.74) is 6.37. The molecule has 15 nitrogen and oxygen atoms in total. The van der Waals surface area contributed by atoms with Crippen LogP contribution in [0.5, 0.6) is 11.5 Å². The van der Waals surface area contributed by atoms with E-state index in [2.05, 4.69) is 111 Å². The van der Waals surface area contributed by atoms with Crippen molar-refractivity contribution < 1.29 is 28.0 Å². The first-order chi connectivity index (χ1) is 36.0. The maximum Gasteiger partial charge on any atom is 0.293 e. The van der Waals surface area contributed by atoms with Crippen LogP contribution in [0.1, 0.15) is 131 Å². The number of aliphatic hydroxyl groups is 1. The van der Waals surface area contributed by atoms with Gasteiger partial charge >= 0.3 is 0 Å². The first-order valence-electron chi connectivity index (χ1n) is 27.0. The molecule has 1 spiro atoms. The van der Waals surface area contributed by atoms with Gasteiger partial charge in [-0.15, -0.1) is 0 Å². The third-order valence-corrected chi connectivity index (χ3v) is 18.4. The molecule has 2 aliphatic carbocycles. The fraction of sp³-hybridized carbons (Fsp3) is 0.458. The molecular weight excluding hydrogens is 965 g/mol. The number of aromatic nitrogens is 2. The lowest BCUT2D eigenvalue weighted by atomic mass is 9.59. The first-order valence-corrected chi connectivity index (χ1v) is 28.4. The standard InChI is InChI=1S/C59H72N8O7S/c1-6-41-11-13-43(14-12-41)38-65-29-30-66(55(40(65)4)50-10-8-7-9-49(50)39(2)3)46-34-59(35-46)24-27-64(28-25-59)45-15-17-51(54(32-45)74-47-31-44-21-26-60-56(44)62-37-47)57(68)63-75(72,73)48-16-18-52(53(33-48)67(70)71)61-36-42-19-22-58(5,69)23-20-42/h7-18,21,26,31-33,37,39-40,42,46,55,61,69H,6,19-20,22-25,27-30,34-36,38H2,1-5H3,(H,60,62)(H,63,68). The summed E-state index contributed by atoms with van der Waals surface area (Å²) in [4.78, 5) is 40.7. The number of nitrogens with zero attached hydrogens (tertiary/aromatic N) is 5. The Balaban J connectivity index is 0.837. The molecule has 2 aromatic heterocycles. The topological polar surface area (TPSA) is 186 Å². The maximum absolute atomic E-state index is 14.1. The smallest absolute Gasteiger partial charge is 0.293 e. The lowest BCUT2D eigenvalue weighted by molar-refractivity contribution is -0.384. The Bertz CT molecular complexity index is 3130. The highest BCUT2D eigenvalue weighted by Crippen LogP contribution is 2.54. The van der Waals surface area contributed by atoms with Gasteiger partial charge in [-0.1, -0.05) is 69.3 Å². The van der Waals surface area contributed by atoms with E-state index in [1.807, 2.05) is 19.1 Å². The summed E-state index contributed by atoms with van der Waals surface area (Å²) < 4.78 is 36.3. The number of aromatic amines is 1. The fourth-order valence-corrected chi connectivity index (χ4v) is 13.4. The molecule has 1 amide bonds. The second kappa shape index (κ2) is 21.4. The predicted molar refractivity (Wildman–Crippen MR) is 294 cm³/mol. The van der Waals surface area contributed by atoms with Crippen molar-refractivity contribution in [2.24, 2.45) is 11.3 Å². The summed E-state index contributed by atoms with van der Waals surface area (Å²) in [7, 11) is -4.59. The van der Waals surface area contributed by atoms with Gasteiger partial charge < -0.3 is 25.0 Å². The molecule has 6 aromatic rings. The largest absolute Gasteiger partial charge is 0.455 e. The van der Waals surface area contributed by atoms with Gasteiger partial charge in [0.2, 0.25) is 0 Å². The number of nitro groups is 1. The van der Waals surface area contributed by atoms with Crippen molar-refractivity contribution in [3.63, 3.8) is 0 Å². The number of fused-ring (bicyclic) bond motifs is 1. The zero-order valence-corrected chi connectivity index (χ0v) is 44.7. The highest BCUT2D eigenvalue weighted by molar-refractivity contribution is 7.90. The molecule has 4 aromatic carbocycles. The number of pyridine rings is 1. The number of hydrogen-bond acceptors (Lipinski definition) is 12. The fourth-order valence-electron chi connectivity index (χ4n) is 12.4. The van der Waals surface area contributed by atoms with Crippen molar-refractivity contribution in [3.05, 3.63) is 147 Å². The van der Waals surface area contributed by atoms with Gasteiger partial charge in [0.05, 0.1) is 33.2 Å². The maximum atomic E-state index is 14.1. The Morgan fingerprint density at radius 1 is 0.933 bits per heavy atom. The van der Waals surface area contributed by atoms with Crippen molar-refractivity contribution >= 4 is 44.0 Å². The van der Waals surface area contributed by atoms with Crippen LogP contribution in [-0.2, 0) is 23.0 Å². The number of H-pyrrole nitrogens is 1. The molecule has 0 radical (unpaired) electrons. The Labute approximate surface area is 441 Å². The van der Waals surface area contributed by atoms with Gasteiger partial charge in [0.25, 0.3) is 21.6 Å². The summed E-state index contributed by atoms with van der Waals surface area (Å²) in [5, 5.41) is 26.5. The summed E-state index contributed by atoms with van der Waals surface area (Å²) in [6.45, 7) is 16.1. The minimum Gasteiger partial charge on any atom is -0.455 e. The van der Waals surface area contributed by atoms with E-state index in [9.17, 15) is 28.4 Å². The van der Waals surface area contributed by atoms with Crippen molar-refractivity contribution in [3.8, 4) is 11.5 Å². The van der Waals surface area contributed by atoms with Crippen LogP contribution >= 0.6 is 0 Å². The first kappa shape index (κ1) is 52.1. The van der Waals surface area contributed by atoms with Gasteiger partial charge in [-0.25, -0.2) is 18.1 Å². The summed E-state index contributed by atoms with van der Waals surface area (Å²) in [5.74, 6) is 0.184. The molecule has 16 heteroatoms. The molecule has 2 atom stereocenters. The zero-order chi connectivity index (χ0) is 52.6. The molecule has 2 saturated carbocycles. The van der Waals surface area contributed by atoms with E-state index in [1.54, 1.807) is 30.6 Å². The van der Waals surface area contributed by atoms with Gasteiger partial charge in [0.15, 0.2) is 0 Å². The number of nitro benzene ring substituents is 1. The van der Waals surface area contributed by atoms with Crippen molar-refractivity contribution in [2.75, 3.05) is 42.9 Å². The van der Waals surface area contributed by atoms with E-state index in [0.717, 1.165) is 94.8 Å². The van der Waals surface area contributed by atoms with Gasteiger partial charge in [0.1, 0.15) is 22.8 Å². The normalized spacial score (nSPS) is 22.5. The van der Waals surface area contributed by atoms with Gasteiger partial charge in [0, 0.05) is 80.8 Å². The molecule has 4 aliphatic rings. The minimum atomic E-state index is -4.59. The third-order valence-electron chi connectivity index (χ3n) is 17.1. The number of benzene rings is 4. The second-order valence-electron chi connectivity index (χ2n) is 22.5. The van der Waals surface area contributed by atoms with E-state index < -0.39 is 37.0 Å². The van der Waals surface area contributed by atoms with Crippen LogP contribution in [0.15, 0.2) is 114 Å². The van der Waals surface area contributed by atoms with E-state index in [-0.39, 0.29) is 34.4 Å². The molecule has 4 fully saturated rings. The van der Waals surface area contributed by atoms with Crippen LogP contribution in [0, 0.1) is 21.4 Å². The molecule has 10 rings (SSSR count). The Hall–Kier alpha value is -6.33. The van der Waals surface area contributed by atoms with Crippen molar-refractivity contribution in [2.45, 2.75) is 133 Å². The SMILES string of the molecule is CCc1ccc(CN2CCN(C3CC4(CCN(c5ccc(C(=O)NS(=O)(=O)c6ccc(NCC7CCC(C)(O)CC7)c([N+](=O)[O-])c6)c(Oc6cnc7[nH]ccc7c6)c5)CC4)C3)C(c3ccccc3C(C)C)C2C)cc1. The molecule has 4 heterocycles. The van der Waals surface area contributed by atoms with E-state index >= 15 is 0 Å². The van der Waals surface area contributed by atoms with Crippen LogP contribution in [-0.4, -0.2) is 94.5 Å². The van der Waals surface area contributed by atoms with Gasteiger partial charge in [-0.3, -0.25) is 24.7 Å². The third kappa shape index (κ3) is 11.3. The molecule has 2 unspecified atom stereocenters. The monoisotopic (exact) mass is 1040 g/mol. The second-order valence-corrected chi connectivity index (χ2v) is 24.1. The Kier molecular flexibility index (Phi) is 14.8. The number of amides is 1. The molecule has 75 heavy (non-hydrogen) atoms. The predicted octanol–water partition coefficient (Wildman–Crippen LogP) is 11.1. The number of carbonyl (C=O) groups is 1. The zero-order valence-electron chi connectivity index (χ0n) is 43.9. The van der Waals surface area contributed by atoms with Crippen LogP contribution in [0.25, 0.3) is 11.0 Å². The lowest BCUT2D eigenvalue weighted by Crippen LogP contribution is -2.62. The Morgan fingerprint density at radius 3 is 2.39 bits per heavy atom. The Morgan fingerprint density at radius 2 is 1.67 bits per heavy atom. The lowest BCUT2D eigenvalue weighted by Gasteiger charge is -2.59. The number of sulfonamides is 1. The van der Waals surface area contributed by atoms with Gasteiger partial charge in [-0.05, 0) is 148 Å². The van der Waals surface area contributed by atoms with Crippen molar-refractivity contribution in [1.82, 2.24) is 24.5 Å². The highest BCUT2D eigenvalue weighted by atomic mass is 32.2. The molecule has 2 saturated heterocycles. The average Bonchev–Trinajstić information content (AvgIpc) is 3.86. The molecular formula is C59H72N8O7S. The highest BCUT2D eigenvalue weighted by Gasteiger charge is 2.51. The van der Waals surface area contributed by atoms with Gasteiger partial charge in [-0.2, -0.15) is 0 Å². The molecule has 2 aliphatic heterocycles. The number of aryl methyl sites for hydroxylation is 1. The average molecular weight is 1040 g/mol. The number of piperidine rings is 1. The summed E-state index contributed by atoms with van der Waals surface area (Å²) >= 11 is 0. The number of nitrogens with one attached hydrogen (secondary N) is 3. The number of ether oxygens (including phenoxy) is 1. The van der Waals surface area contributed by atoms with E-state index in [0.29, 0.717) is 48.8 Å². The minimum absolute atomic E-state index is 0.0247.